The van der Waals surface area contributed by atoms with Crippen molar-refractivity contribution in [2.75, 3.05) is 6.61 Å². The van der Waals surface area contributed by atoms with E-state index in [1.54, 1.807) is 0 Å². The highest BCUT2D eigenvalue weighted by Crippen LogP contribution is 2.40. The van der Waals surface area contributed by atoms with Crippen molar-refractivity contribution in [3.63, 3.8) is 0 Å². The highest BCUT2D eigenvalue weighted by molar-refractivity contribution is 9.10. The van der Waals surface area contributed by atoms with E-state index in [9.17, 15) is 4.79 Å². The van der Waals surface area contributed by atoms with Crippen molar-refractivity contribution in [1.82, 2.24) is 0 Å². The molecule has 112 valence electrons. The Kier molecular flexibility index (Phi) is 4.52. The number of fused-ring (bicyclic) bond motifs is 1. The van der Waals surface area contributed by atoms with Crippen molar-refractivity contribution >= 4 is 54.9 Å². The van der Waals surface area contributed by atoms with Gasteiger partial charge in [0, 0.05) is 25.1 Å². The van der Waals surface area contributed by atoms with Gasteiger partial charge in [-0.3, -0.25) is 0 Å². The van der Waals surface area contributed by atoms with Gasteiger partial charge >= 0.3 is 5.97 Å². The van der Waals surface area contributed by atoms with Gasteiger partial charge in [-0.15, -0.1) is 11.3 Å². The van der Waals surface area contributed by atoms with Crippen LogP contribution in [0.15, 0.2) is 46.9 Å². The van der Waals surface area contributed by atoms with E-state index in [1.807, 2.05) is 49.4 Å². The number of carbonyl (C=O) groups excluding carboxylic acids is 1. The van der Waals surface area contributed by atoms with Crippen molar-refractivity contribution in [3.8, 4) is 11.1 Å². The SMILES string of the molecule is CCOC(=O)c1sc2ccc(Br)cc2c1-c1ccc(Cl)cc1. The van der Waals surface area contributed by atoms with Crippen LogP contribution in [0.3, 0.4) is 0 Å². The summed E-state index contributed by atoms with van der Waals surface area (Å²) in [5.41, 5.74) is 1.85. The molecule has 0 atom stereocenters. The molecule has 0 aliphatic heterocycles. The molecule has 3 aromatic rings. The number of thiophene rings is 1. The molecular weight excluding hydrogens is 384 g/mol. The third-order valence-corrected chi connectivity index (χ3v) is 5.14. The molecule has 0 N–H and O–H groups in total. The van der Waals surface area contributed by atoms with Crippen LogP contribution in [0.4, 0.5) is 0 Å². The molecule has 0 aliphatic carbocycles. The molecule has 0 saturated heterocycles. The summed E-state index contributed by atoms with van der Waals surface area (Å²) < 4.78 is 7.23. The molecule has 2 nitrogen and oxygen atoms in total. The molecule has 2 aromatic carbocycles. The van der Waals surface area contributed by atoms with Gasteiger partial charge in [0.15, 0.2) is 0 Å². The monoisotopic (exact) mass is 394 g/mol. The van der Waals surface area contributed by atoms with Gasteiger partial charge in [-0.25, -0.2) is 4.79 Å². The van der Waals surface area contributed by atoms with E-state index in [-0.39, 0.29) is 5.97 Å². The highest BCUT2D eigenvalue weighted by atomic mass is 79.9. The lowest BCUT2D eigenvalue weighted by atomic mass is 10.0. The van der Waals surface area contributed by atoms with Crippen LogP contribution in [0.25, 0.3) is 21.2 Å². The number of rotatable bonds is 3. The second-order valence-electron chi connectivity index (χ2n) is 4.67. The first-order chi connectivity index (χ1) is 10.6. The van der Waals surface area contributed by atoms with Gasteiger partial charge in [0.05, 0.1) is 6.61 Å². The summed E-state index contributed by atoms with van der Waals surface area (Å²) in [5, 5.41) is 1.70. The van der Waals surface area contributed by atoms with Crippen molar-refractivity contribution < 1.29 is 9.53 Å². The Hall–Kier alpha value is -1.36. The van der Waals surface area contributed by atoms with Crippen LogP contribution in [0.1, 0.15) is 16.6 Å². The largest absolute Gasteiger partial charge is 0.462 e. The summed E-state index contributed by atoms with van der Waals surface area (Å²) in [5.74, 6) is -0.287. The number of benzene rings is 2. The van der Waals surface area contributed by atoms with Gasteiger partial charge in [-0.2, -0.15) is 0 Å². The van der Waals surface area contributed by atoms with E-state index in [0.717, 1.165) is 25.7 Å². The Labute approximate surface area is 145 Å². The molecule has 1 aromatic heterocycles. The van der Waals surface area contributed by atoms with Gasteiger partial charge in [-0.05, 0) is 42.8 Å². The number of carbonyl (C=O) groups is 1. The predicted octanol–water partition coefficient (Wildman–Crippen LogP) is 6.16. The molecule has 0 radical (unpaired) electrons. The fourth-order valence-electron chi connectivity index (χ4n) is 2.31. The smallest absolute Gasteiger partial charge is 0.348 e. The first-order valence-electron chi connectivity index (χ1n) is 6.75. The van der Waals surface area contributed by atoms with Gasteiger partial charge < -0.3 is 4.74 Å². The summed E-state index contributed by atoms with van der Waals surface area (Å²) in [6, 6.07) is 13.5. The van der Waals surface area contributed by atoms with E-state index < -0.39 is 0 Å². The first-order valence-corrected chi connectivity index (χ1v) is 8.74. The first kappa shape index (κ1) is 15.5. The summed E-state index contributed by atoms with van der Waals surface area (Å²) in [4.78, 5) is 12.9. The fourth-order valence-corrected chi connectivity index (χ4v) is 3.90. The van der Waals surface area contributed by atoms with Gasteiger partial charge in [-0.1, -0.05) is 39.7 Å². The number of esters is 1. The lowest BCUT2D eigenvalue weighted by Gasteiger charge is -2.05. The molecule has 22 heavy (non-hydrogen) atoms. The summed E-state index contributed by atoms with van der Waals surface area (Å²) in [6.07, 6.45) is 0. The topological polar surface area (TPSA) is 26.3 Å². The minimum atomic E-state index is -0.287. The van der Waals surface area contributed by atoms with Gasteiger partial charge in [0.2, 0.25) is 0 Å². The second kappa shape index (κ2) is 6.41. The third-order valence-electron chi connectivity index (χ3n) is 3.24. The molecule has 0 bridgehead atoms. The standard InChI is InChI=1S/C17H12BrClO2S/c1-2-21-17(20)16-15(10-3-6-12(19)7-4-10)13-9-11(18)5-8-14(13)22-16/h3-9H,2H2,1H3. The minimum absolute atomic E-state index is 0.287. The zero-order chi connectivity index (χ0) is 15.7. The highest BCUT2D eigenvalue weighted by Gasteiger charge is 2.20. The van der Waals surface area contributed by atoms with Gasteiger partial charge in [0.25, 0.3) is 0 Å². The van der Waals surface area contributed by atoms with E-state index >= 15 is 0 Å². The zero-order valence-electron chi connectivity index (χ0n) is 11.7. The molecule has 0 amide bonds. The van der Waals surface area contributed by atoms with E-state index in [1.165, 1.54) is 11.3 Å². The molecule has 0 unspecified atom stereocenters. The Balaban J connectivity index is 2.27. The second-order valence-corrected chi connectivity index (χ2v) is 7.08. The Morgan fingerprint density at radius 1 is 1.23 bits per heavy atom. The Bertz CT molecular complexity index is 840. The molecule has 5 heteroatoms. The average molecular weight is 396 g/mol. The number of hydrogen-bond acceptors (Lipinski definition) is 3. The lowest BCUT2D eigenvalue weighted by molar-refractivity contribution is 0.0533. The minimum Gasteiger partial charge on any atom is -0.462 e. The summed E-state index contributed by atoms with van der Waals surface area (Å²) in [7, 11) is 0. The zero-order valence-corrected chi connectivity index (χ0v) is 14.9. The molecule has 0 aliphatic rings. The van der Waals surface area contributed by atoms with E-state index in [2.05, 4.69) is 15.9 Å². The third kappa shape index (κ3) is 2.91. The maximum atomic E-state index is 12.3. The summed E-state index contributed by atoms with van der Waals surface area (Å²) >= 11 is 10.9. The average Bonchev–Trinajstić information content (AvgIpc) is 2.87. The molecule has 0 fully saturated rings. The molecule has 1 heterocycles. The molecule has 0 saturated carbocycles. The van der Waals surface area contributed by atoms with Crippen LogP contribution in [-0.2, 0) is 4.74 Å². The Morgan fingerprint density at radius 2 is 1.95 bits per heavy atom. The molecule has 3 rings (SSSR count). The van der Waals surface area contributed by atoms with Crippen LogP contribution >= 0.6 is 38.9 Å². The lowest BCUT2D eigenvalue weighted by Crippen LogP contribution is -2.03. The fraction of sp³-hybridized carbons (Fsp3) is 0.118. The van der Waals surface area contributed by atoms with Crippen LogP contribution < -0.4 is 0 Å². The quantitative estimate of drug-likeness (QED) is 0.496. The summed E-state index contributed by atoms with van der Waals surface area (Å²) in [6.45, 7) is 2.17. The number of halogens is 2. The Morgan fingerprint density at radius 3 is 2.64 bits per heavy atom. The van der Waals surface area contributed by atoms with Crippen LogP contribution in [0, 0.1) is 0 Å². The number of ether oxygens (including phenoxy) is 1. The maximum absolute atomic E-state index is 12.3. The van der Waals surface area contributed by atoms with Crippen LogP contribution in [0.5, 0.6) is 0 Å². The maximum Gasteiger partial charge on any atom is 0.348 e. The van der Waals surface area contributed by atoms with Gasteiger partial charge in [0.1, 0.15) is 4.88 Å². The van der Waals surface area contributed by atoms with Crippen molar-refractivity contribution in [3.05, 3.63) is 56.8 Å². The van der Waals surface area contributed by atoms with E-state index in [4.69, 9.17) is 16.3 Å². The van der Waals surface area contributed by atoms with Crippen LogP contribution in [0.2, 0.25) is 5.02 Å². The molecule has 0 spiro atoms. The van der Waals surface area contributed by atoms with Crippen molar-refractivity contribution in [2.45, 2.75) is 6.92 Å². The van der Waals surface area contributed by atoms with E-state index in [0.29, 0.717) is 16.5 Å². The predicted molar refractivity (Wildman–Crippen MR) is 95.9 cm³/mol. The molecular formula is C17H12BrClO2S. The normalized spacial score (nSPS) is 10.9. The van der Waals surface area contributed by atoms with Crippen LogP contribution in [-0.4, -0.2) is 12.6 Å². The van der Waals surface area contributed by atoms with Crippen molar-refractivity contribution in [1.29, 1.82) is 0 Å². The van der Waals surface area contributed by atoms with Crippen molar-refractivity contribution in [2.24, 2.45) is 0 Å². The number of hydrogen-bond donors (Lipinski definition) is 0.